The van der Waals surface area contributed by atoms with Gasteiger partial charge in [-0.25, -0.2) is 9.67 Å². The molecule has 8 heteroatoms. The van der Waals surface area contributed by atoms with Crippen LogP contribution < -0.4 is 10.6 Å². The Balaban J connectivity index is 1.71. The third kappa shape index (κ3) is 4.80. The largest absolute Gasteiger partial charge is 0.352 e. The lowest BCUT2D eigenvalue weighted by atomic mass is 10.1. The molecule has 0 fully saturated rings. The molecule has 0 spiro atoms. The molecular formula is C25H27N5O2S. The molecule has 0 radical (unpaired) electrons. The summed E-state index contributed by atoms with van der Waals surface area (Å²) in [5.74, 6) is -0.431. The van der Waals surface area contributed by atoms with Crippen molar-refractivity contribution >= 4 is 39.9 Å². The van der Waals surface area contributed by atoms with Crippen LogP contribution in [0.1, 0.15) is 58.8 Å². The first-order chi connectivity index (χ1) is 15.9. The summed E-state index contributed by atoms with van der Waals surface area (Å²) in [7, 11) is 0. The Kier molecular flexibility index (Phi) is 6.55. The lowest BCUT2D eigenvalue weighted by molar-refractivity contribution is 0.0952. The number of hydrogen-bond acceptors (Lipinski definition) is 5. The van der Waals surface area contributed by atoms with Gasteiger partial charge in [-0.05, 0) is 63.6 Å². The number of nitrogens with zero attached hydrogens (tertiary/aromatic N) is 3. The van der Waals surface area contributed by atoms with Crippen molar-refractivity contribution in [2.45, 2.75) is 40.2 Å². The maximum Gasteiger partial charge on any atom is 0.256 e. The number of thiophene rings is 1. The van der Waals surface area contributed by atoms with Crippen LogP contribution in [-0.2, 0) is 0 Å². The van der Waals surface area contributed by atoms with Crippen molar-refractivity contribution in [3.05, 3.63) is 64.7 Å². The number of pyridine rings is 1. The maximum absolute atomic E-state index is 13.4. The van der Waals surface area contributed by atoms with E-state index < -0.39 is 0 Å². The number of rotatable bonds is 7. The van der Waals surface area contributed by atoms with Crippen LogP contribution in [0.25, 0.3) is 21.6 Å². The number of aryl methyl sites for hydroxylation is 1. The van der Waals surface area contributed by atoms with Crippen molar-refractivity contribution < 1.29 is 9.59 Å². The molecular weight excluding hydrogens is 434 g/mol. The molecule has 0 saturated carbocycles. The Hall–Kier alpha value is -3.52. The third-order valence-corrected chi connectivity index (χ3v) is 6.23. The van der Waals surface area contributed by atoms with Crippen LogP contribution in [0.3, 0.4) is 0 Å². The topological polar surface area (TPSA) is 88.9 Å². The minimum absolute atomic E-state index is 0.101. The number of aromatic nitrogens is 3. The molecule has 170 valence electrons. The predicted molar refractivity (Wildman–Crippen MR) is 133 cm³/mol. The molecule has 7 nitrogen and oxygen atoms in total. The molecule has 2 N–H and O–H groups in total. The molecule has 33 heavy (non-hydrogen) atoms. The molecule has 0 aliphatic carbocycles. The average molecular weight is 462 g/mol. The Morgan fingerprint density at radius 3 is 2.64 bits per heavy atom. The highest BCUT2D eigenvalue weighted by Crippen LogP contribution is 2.31. The van der Waals surface area contributed by atoms with Crippen LogP contribution in [0.5, 0.6) is 0 Å². The number of hydrogen-bond donors (Lipinski definition) is 2. The second-order valence-corrected chi connectivity index (χ2v) is 9.46. The monoisotopic (exact) mass is 461 g/mol. The van der Waals surface area contributed by atoms with Crippen LogP contribution in [0.15, 0.2) is 48.7 Å². The molecule has 3 aromatic heterocycles. The van der Waals surface area contributed by atoms with E-state index in [0.29, 0.717) is 34.4 Å². The fourth-order valence-corrected chi connectivity index (χ4v) is 4.39. The Morgan fingerprint density at radius 1 is 1.12 bits per heavy atom. The summed E-state index contributed by atoms with van der Waals surface area (Å²) >= 11 is 1.63. The zero-order valence-electron chi connectivity index (χ0n) is 19.2. The Morgan fingerprint density at radius 2 is 1.94 bits per heavy atom. The molecule has 4 rings (SSSR count). The third-order valence-electron chi connectivity index (χ3n) is 5.21. The Bertz CT molecular complexity index is 1320. The number of benzene rings is 1. The number of anilines is 1. The lowest BCUT2D eigenvalue weighted by Gasteiger charge is -2.11. The molecule has 0 saturated heterocycles. The van der Waals surface area contributed by atoms with Crippen molar-refractivity contribution in [1.82, 2.24) is 20.1 Å². The van der Waals surface area contributed by atoms with E-state index in [-0.39, 0.29) is 17.9 Å². The normalized spacial score (nSPS) is 11.2. The van der Waals surface area contributed by atoms with E-state index in [1.807, 2.05) is 50.6 Å². The van der Waals surface area contributed by atoms with Crippen LogP contribution in [-0.4, -0.2) is 33.1 Å². The van der Waals surface area contributed by atoms with Crippen molar-refractivity contribution in [2.24, 2.45) is 0 Å². The number of amides is 2. The van der Waals surface area contributed by atoms with Crippen molar-refractivity contribution in [1.29, 1.82) is 0 Å². The molecule has 0 atom stereocenters. The molecule has 0 bridgehead atoms. The van der Waals surface area contributed by atoms with E-state index in [1.165, 1.54) is 4.88 Å². The molecule has 4 aromatic rings. The van der Waals surface area contributed by atoms with Gasteiger partial charge in [0.2, 0.25) is 0 Å². The zero-order chi connectivity index (χ0) is 23.5. The van der Waals surface area contributed by atoms with Crippen molar-refractivity contribution in [2.75, 3.05) is 11.9 Å². The SMILES string of the molecule is CCCNC(=O)c1cccc(NC(=O)c2cc(-c3ccc(C)s3)nc3c2cnn3C(C)C)c1. The molecule has 1 aromatic carbocycles. The van der Waals surface area contributed by atoms with Gasteiger partial charge in [-0.3, -0.25) is 9.59 Å². The standard InChI is InChI=1S/C25H27N5O2S/c1-5-11-26-24(31)17-7-6-8-18(12-17)28-25(32)19-13-21(22-10-9-16(4)33-22)29-23-20(19)14-27-30(23)15(2)3/h6-10,12-15H,5,11H2,1-4H3,(H,26,31)(H,28,32). The average Bonchev–Trinajstić information content (AvgIpc) is 3.43. The smallest absolute Gasteiger partial charge is 0.256 e. The van der Waals surface area contributed by atoms with Crippen LogP contribution in [0.4, 0.5) is 5.69 Å². The summed E-state index contributed by atoms with van der Waals surface area (Å²) in [4.78, 5) is 32.7. The molecule has 3 heterocycles. The van der Waals surface area contributed by atoms with Gasteiger partial charge >= 0.3 is 0 Å². The summed E-state index contributed by atoms with van der Waals surface area (Å²) in [5.41, 5.74) is 2.96. The quantitative estimate of drug-likeness (QED) is 0.383. The van der Waals surface area contributed by atoms with Gasteiger partial charge < -0.3 is 10.6 Å². The van der Waals surface area contributed by atoms with Gasteiger partial charge in [-0.1, -0.05) is 13.0 Å². The summed E-state index contributed by atoms with van der Waals surface area (Å²) in [6.45, 7) is 8.72. The van der Waals surface area contributed by atoms with E-state index in [2.05, 4.69) is 15.7 Å². The highest BCUT2D eigenvalue weighted by Gasteiger charge is 2.19. The fourth-order valence-electron chi connectivity index (χ4n) is 3.56. The van der Waals surface area contributed by atoms with Gasteiger partial charge in [0.15, 0.2) is 5.65 Å². The minimum Gasteiger partial charge on any atom is -0.352 e. The van der Waals surface area contributed by atoms with Crippen LogP contribution in [0.2, 0.25) is 0 Å². The highest BCUT2D eigenvalue weighted by molar-refractivity contribution is 7.15. The number of carbonyl (C=O) groups excluding carboxylic acids is 2. The van der Waals surface area contributed by atoms with Crippen molar-refractivity contribution in [3.63, 3.8) is 0 Å². The van der Waals surface area contributed by atoms with Crippen molar-refractivity contribution in [3.8, 4) is 10.6 Å². The van der Waals surface area contributed by atoms with Crippen LogP contribution >= 0.6 is 11.3 Å². The molecule has 2 amide bonds. The van der Waals surface area contributed by atoms with E-state index in [4.69, 9.17) is 4.98 Å². The first-order valence-corrected chi connectivity index (χ1v) is 11.8. The van der Waals surface area contributed by atoms with Gasteiger partial charge in [0.05, 0.1) is 27.7 Å². The number of nitrogens with one attached hydrogen (secondary N) is 2. The summed E-state index contributed by atoms with van der Waals surface area (Å²) < 4.78 is 1.83. The first kappa shape index (κ1) is 22.7. The molecule has 0 aliphatic rings. The predicted octanol–water partition coefficient (Wildman–Crippen LogP) is 5.44. The summed E-state index contributed by atoms with van der Waals surface area (Å²) in [5, 5.41) is 11.0. The van der Waals surface area contributed by atoms with Gasteiger partial charge in [0, 0.05) is 28.7 Å². The van der Waals surface area contributed by atoms with E-state index in [9.17, 15) is 9.59 Å². The maximum atomic E-state index is 13.4. The molecule has 0 aliphatic heterocycles. The highest BCUT2D eigenvalue weighted by atomic mass is 32.1. The van der Waals surface area contributed by atoms with Gasteiger partial charge in [-0.2, -0.15) is 5.10 Å². The second-order valence-electron chi connectivity index (χ2n) is 8.18. The second kappa shape index (κ2) is 9.54. The van der Waals surface area contributed by atoms with Gasteiger partial charge in [0.1, 0.15) is 0 Å². The van der Waals surface area contributed by atoms with Gasteiger partial charge in [0.25, 0.3) is 11.8 Å². The summed E-state index contributed by atoms with van der Waals surface area (Å²) in [6, 6.07) is 12.9. The summed E-state index contributed by atoms with van der Waals surface area (Å²) in [6.07, 6.45) is 2.55. The van der Waals surface area contributed by atoms with E-state index in [0.717, 1.165) is 17.0 Å². The first-order valence-electron chi connectivity index (χ1n) is 11.0. The fraction of sp³-hybridized carbons (Fsp3) is 0.280. The lowest BCUT2D eigenvalue weighted by Crippen LogP contribution is -2.24. The minimum atomic E-state index is -0.272. The van der Waals surface area contributed by atoms with Crippen LogP contribution in [0, 0.1) is 6.92 Å². The number of fused-ring (bicyclic) bond motifs is 1. The van der Waals surface area contributed by atoms with E-state index >= 15 is 0 Å². The van der Waals surface area contributed by atoms with Gasteiger partial charge in [-0.15, -0.1) is 11.3 Å². The van der Waals surface area contributed by atoms with E-state index in [1.54, 1.807) is 41.8 Å². The Labute approximate surface area is 196 Å². The zero-order valence-corrected chi connectivity index (χ0v) is 20.0. The number of carbonyl (C=O) groups is 2. The molecule has 0 unspecified atom stereocenters.